The molecule has 0 aliphatic carbocycles. The fourth-order valence-corrected chi connectivity index (χ4v) is 2.77. The summed E-state index contributed by atoms with van der Waals surface area (Å²) in [4.78, 5) is 14.2. The van der Waals surface area contributed by atoms with E-state index >= 15 is 0 Å². The molecular formula is C14H20BrN3O. The quantitative estimate of drug-likeness (QED) is 0.893. The average molecular weight is 326 g/mol. The van der Waals surface area contributed by atoms with Crippen LogP contribution < -0.4 is 10.6 Å². The Morgan fingerprint density at radius 2 is 2.26 bits per heavy atom. The summed E-state index contributed by atoms with van der Waals surface area (Å²) in [6.45, 7) is 6.41. The molecule has 0 unspecified atom stereocenters. The van der Waals surface area contributed by atoms with Gasteiger partial charge in [0.05, 0.1) is 12.2 Å². The number of benzene rings is 1. The third-order valence-corrected chi connectivity index (χ3v) is 3.85. The van der Waals surface area contributed by atoms with Crippen molar-refractivity contribution in [2.75, 3.05) is 38.0 Å². The van der Waals surface area contributed by atoms with Crippen molar-refractivity contribution in [3.63, 3.8) is 0 Å². The lowest BCUT2D eigenvalue weighted by atomic mass is 10.2. The minimum atomic E-state index is 0.0476. The second kappa shape index (κ2) is 7.03. The zero-order valence-corrected chi connectivity index (χ0v) is 12.8. The van der Waals surface area contributed by atoms with Crippen molar-refractivity contribution in [2.45, 2.75) is 13.3 Å². The molecule has 0 saturated carbocycles. The van der Waals surface area contributed by atoms with Crippen LogP contribution in [0.25, 0.3) is 0 Å². The lowest BCUT2D eigenvalue weighted by Gasteiger charge is -2.19. The molecule has 5 heteroatoms. The van der Waals surface area contributed by atoms with Crippen molar-refractivity contribution in [1.29, 1.82) is 0 Å². The van der Waals surface area contributed by atoms with Gasteiger partial charge in [0.2, 0.25) is 5.91 Å². The van der Waals surface area contributed by atoms with Gasteiger partial charge in [0.25, 0.3) is 0 Å². The maximum absolute atomic E-state index is 12.0. The second-order valence-electron chi connectivity index (χ2n) is 4.91. The van der Waals surface area contributed by atoms with E-state index in [-0.39, 0.29) is 5.91 Å². The van der Waals surface area contributed by atoms with Crippen molar-refractivity contribution >= 4 is 27.5 Å². The first kappa shape index (κ1) is 14.5. The number of aryl methyl sites for hydroxylation is 1. The summed E-state index contributed by atoms with van der Waals surface area (Å²) in [5.41, 5.74) is 2.01. The summed E-state index contributed by atoms with van der Waals surface area (Å²) in [7, 11) is 0. The fourth-order valence-electron chi connectivity index (χ4n) is 2.17. The molecule has 1 aromatic carbocycles. The normalized spacial score (nSPS) is 16.9. The van der Waals surface area contributed by atoms with Gasteiger partial charge >= 0.3 is 0 Å². The summed E-state index contributed by atoms with van der Waals surface area (Å²) >= 11 is 3.47. The molecule has 1 heterocycles. The van der Waals surface area contributed by atoms with Crippen LogP contribution >= 0.6 is 15.9 Å². The third-order valence-electron chi connectivity index (χ3n) is 3.20. The zero-order valence-electron chi connectivity index (χ0n) is 11.2. The van der Waals surface area contributed by atoms with Crippen LogP contribution in [-0.2, 0) is 4.79 Å². The summed E-state index contributed by atoms with van der Waals surface area (Å²) in [6, 6.07) is 5.93. The minimum absolute atomic E-state index is 0.0476. The van der Waals surface area contributed by atoms with Crippen molar-refractivity contribution in [2.24, 2.45) is 0 Å². The first-order valence-electron chi connectivity index (χ1n) is 6.64. The van der Waals surface area contributed by atoms with Crippen LogP contribution in [0.1, 0.15) is 12.0 Å². The molecule has 1 fully saturated rings. The number of carbonyl (C=O) groups is 1. The molecule has 0 atom stereocenters. The fraction of sp³-hybridized carbons (Fsp3) is 0.500. The van der Waals surface area contributed by atoms with Crippen molar-refractivity contribution < 1.29 is 4.79 Å². The van der Waals surface area contributed by atoms with Crippen LogP contribution in [0.5, 0.6) is 0 Å². The van der Waals surface area contributed by atoms with Gasteiger partial charge in [0, 0.05) is 17.6 Å². The van der Waals surface area contributed by atoms with Crippen LogP contribution in [-0.4, -0.2) is 43.5 Å². The number of hydrogen-bond acceptors (Lipinski definition) is 3. The van der Waals surface area contributed by atoms with Crippen molar-refractivity contribution in [1.82, 2.24) is 10.2 Å². The maximum Gasteiger partial charge on any atom is 0.238 e. The smallest absolute Gasteiger partial charge is 0.238 e. The Labute approximate surface area is 122 Å². The largest absolute Gasteiger partial charge is 0.324 e. The third kappa shape index (κ3) is 4.60. The zero-order chi connectivity index (χ0) is 13.7. The van der Waals surface area contributed by atoms with Gasteiger partial charge in [-0.25, -0.2) is 0 Å². The van der Waals surface area contributed by atoms with E-state index in [1.165, 1.54) is 5.56 Å². The van der Waals surface area contributed by atoms with Gasteiger partial charge in [-0.15, -0.1) is 0 Å². The molecule has 0 radical (unpaired) electrons. The monoisotopic (exact) mass is 325 g/mol. The van der Waals surface area contributed by atoms with Crippen LogP contribution in [0, 0.1) is 6.92 Å². The predicted molar refractivity (Wildman–Crippen MR) is 81.4 cm³/mol. The molecule has 1 aromatic rings. The maximum atomic E-state index is 12.0. The summed E-state index contributed by atoms with van der Waals surface area (Å²) < 4.78 is 0.929. The van der Waals surface area contributed by atoms with E-state index in [1.807, 2.05) is 25.1 Å². The van der Waals surface area contributed by atoms with E-state index in [0.717, 1.165) is 42.8 Å². The van der Waals surface area contributed by atoms with E-state index in [0.29, 0.717) is 6.54 Å². The summed E-state index contributed by atoms with van der Waals surface area (Å²) in [6.07, 6.45) is 1.10. The number of carbonyl (C=O) groups excluding carboxylic acids is 1. The molecule has 104 valence electrons. The van der Waals surface area contributed by atoms with Gasteiger partial charge in [0.15, 0.2) is 0 Å². The molecule has 4 nitrogen and oxygen atoms in total. The highest BCUT2D eigenvalue weighted by atomic mass is 79.9. The highest BCUT2D eigenvalue weighted by Crippen LogP contribution is 2.23. The number of amides is 1. The molecule has 1 aliphatic rings. The van der Waals surface area contributed by atoms with Crippen LogP contribution in [0.3, 0.4) is 0 Å². The topological polar surface area (TPSA) is 44.4 Å². The van der Waals surface area contributed by atoms with Crippen molar-refractivity contribution in [3.05, 3.63) is 28.2 Å². The van der Waals surface area contributed by atoms with Gasteiger partial charge in [-0.2, -0.15) is 0 Å². The Balaban J connectivity index is 1.89. The molecule has 1 aliphatic heterocycles. The molecule has 19 heavy (non-hydrogen) atoms. The standard InChI is InChI=1S/C14H20BrN3O/c1-11-3-4-13(12(15)9-11)17-14(19)10-18-7-2-5-16-6-8-18/h3-4,9,16H,2,5-8,10H2,1H3,(H,17,19). The highest BCUT2D eigenvalue weighted by molar-refractivity contribution is 9.10. The van der Waals surface area contributed by atoms with Crippen molar-refractivity contribution in [3.8, 4) is 0 Å². The lowest BCUT2D eigenvalue weighted by molar-refractivity contribution is -0.117. The molecule has 0 bridgehead atoms. The molecule has 0 aromatic heterocycles. The minimum Gasteiger partial charge on any atom is -0.324 e. The number of nitrogens with zero attached hydrogens (tertiary/aromatic N) is 1. The Bertz CT molecular complexity index is 442. The van der Waals surface area contributed by atoms with E-state index < -0.39 is 0 Å². The van der Waals surface area contributed by atoms with E-state index in [1.54, 1.807) is 0 Å². The molecule has 2 N–H and O–H groups in total. The first-order chi connectivity index (χ1) is 9.15. The molecule has 0 spiro atoms. The lowest BCUT2D eigenvalue weighted by Crippen LogP contribution is -2.35. The molecule has 1 amide bonds. The highest BCUT2D eigenvalue weighted by Gasteiger charge is 2.13. The van der Waals surface area contributed by atoms with E-state index in [4.69, 9.17) is 0 Å². The number of anilines is 1. The number of hydrogen-bond donors (Lipinski definition) is 2. The Hall–Kier alpha value is -0.910. The molecule has 2 rings (SSSR count). The Morgan fingerprint density at radius 1 is 1.42 bits per heavy atom. The van der Waals surface area contributed by atoms with Gasteiger partial charge in [0.1, 0.15) is 0 Å². The summed E-state index contributed by atoms with van der Waals surface area (Å²) in [5.74, 6) is 0.0476. The Morgan fingerprint density at radius 3 is 3.05 bits per heavy atom. The molecule has 1 saturated heterocycles. The number of halogens is 1. The predicted octanol–water partition coefficient (Wildman–Crippen LogP) is 1.99. The van der Waals surface area contributed by atoms with E-state index in [2.05, 4.69) is 31.5 Å². The van der Waals surface area contributed by atoms with Crippen LogP contribution in [0.2, 0.25) is 0 Å². The average Bonchev–Trinajstić information content (AvgIpc) is 2.61. The Kier molecular flexibility index (Phi) is 5.36. The van der Waals surface area contributed by atoms with Crippen LogP contribution in [0.4, 0.5) is 5.69 Å². The van der Waals surface area contributed by atoms with Gasteiger partial charge in [-0.05, 0) is 60.1 Å². The SMILES string of the molecule is Cc1ccc(NC(=O)CN2CCCNCC2)c(Br)c1. The first-order valence-corrected chi connectivity index (χ1v) is 7.43. The number of nitrogens with one attached hydrogen (secondary N) is 2. The summed E-state index contributed by atoms with van der Waals surface area (Å²) in [5, 5.41) is 6.29. The van der Waals surface area contributed by atoms with Gasteiger partial charge in [-0.3, -0.25) is 9.69 Å². The van der Waals surface area contributed by atoms with Crippen LogP contribution in [0.15, 0.2) is 22.7 Å². The van der Waals surface area contributed by atoms with Gasteiger partial charge < -0.3 is 10.6 Å². The van der Waals surface area contributed by atoms with Gasteiger partial charge in [-0.1, -0.05) is 6.07 Å². The number of rotatable bonds is 3. The second-order valence-corrected chi connectivity index (χ2v) is 5.77. The van der Waals surface area contributed by atoms with E-state index in [9.17, 15) is 4.79 Å². The molecular weight excluding hydrogens is 306 g/mol.